The quantitative estimate of drug-likeness (QED) is 0.872. The molecule has 0 aromatic heterocycles. The SMILES string of the molecule is COc1ccccc1OC1C=CC(C(F)(F)F)=C=CC1N. The van der Waals surface area contributed by atoms with E-state index in [9.17, 15) is 13.2 Å². The summed E-state index contributed by atoms with van der Waals surface area (Å²) >= 11 is 0. The van der Waals surface area contributed by atoms with Crippen molar-refractivity contribution in [2.75, 3.05) is 7.11 Å². The number of alkyl halides is 3. The van der Waals surface area contributed by atoms with Crippen LogP contribution >= 0.6 is 0 Å². The van der Waals surface area contributed by atoms with E-state index in [0.29, 0.717) is 11.5 Å². The molecule has 2 atom stereocenters. The Morgan fingerprint density at radius 1 is 1.19 bits per heavy atom. The summed E-state index contributed by atoms with van der Waals surface area (Å²) in [6, 6.07) is 6.10. The Balaban J connectivity index is 2.22. The number of halogens is 3. The molecule has 0 spiro atoms. The molecule has 3 nitrogen and oxygen atoms in total. The van der Waals surface area contributed by atoms with Gasteiger partial charge >= 0.3 is 6.18 Å². The summed E-state index contributed by atoms with van der Waals surface area (Å²) in [7, 11) is 1.48. The van der Waals surface area contributed by atoms with Crippen molar-refractivity contribution in [1.29, 1.82) is 0 Å². The van der Waals surface area contributed by atoms with Crippen molar-refractivity contribution in [1.82, 2.24) is 0 Å². The molecule has 1 aromatic carbocycles. The molecule has 0 fully saturated rings. The Labute approximate surface area is 120 Å². The number of methoxy groups -OCH3 is 1. The van der Waals surface area contributed by atoms with Crippen molar-refractivity contribution in [2.45, 2.75) is 18.3 Å². The van der Waals surface area contributed by atoms with Gasteiger partial charge in [-0.2, -0.15) is 13.2 Å². The zero-order valence-corrected chi connectivity index (χ0v) is 11.2. The van der Waals surface area contributed by atoms with Crippen LogP contribution in [0.15, 0.2) is 53.8 Å². The first-order valence-electron chi connectivity index (χ1n) is 6.19. The number of hydrogen-bond acceptors (Lipinski definition) is 3. The smallest absolute Gasteiger partial charge is 0.423 e. The molecular weight excluding hydrogens is 283 g/mol. The van der Waals surface area contributed by atoms with Crippen LogP contribution < -0.4 is 15.2 Å². The Kier molecular flexibility index (Phi) is 4.40. The number of para-hydroxylation sites is 2. The molecule has 0 radical (unpaired) electrons. The van der Waals surface area contributed by atoms with Gasteiger partial charge in [0.05, 0.1) is 18.7 Å². The topological polar surface area (TPSA) is 44.5 Å². The molecule has 1 aromatic rings. The average molecular weight is 297 g/mol. The van der Waals surface area contributed by atoms with Gasteiger partial charge in [0.15, 0.2) is 11.5 Å². The fourth-order valence-electron chi connectivity index (χ4n) is 1.81. The normalized spacial score (nSPS) is 21.7. The largest absolute Gasteiger partial charge is 0.493 e. The van der Waals surface area contributed by atoms with Crippen LogP contribution in [0.1, 0.15) is 0 Å². The second kappa shape index (κ2) is 6.08. The monoisotopic (exact) mass is 297 g/mol. The van der Waals surface area contributed by atoms with E-state index >= 15 is 0 Å². The minimum atomic E-state index is -4.47. The second-order valence-corrected chi connectivity index (χ2v) is 4.39. The van der Waals surface area contributed by atoms with E-state index in [2.05, 4.69) is 5.73 Å². The molecule has 2 N–H and O–H groups in total. The van der Waals surface area contributed by atoms with Gasteiger partial charge in [-0.25, -0.2) is 0 Å². The van der Waals surface area contributed by atoms with Gasteiger partial charge in [-0.05, 0) is 30.4 Å². The van der Waals surface area contributed by atoms with Crippen LogP contribution in [0.2, 0.25) is 0 Å². The average Bonchev–Trinajstić information content (AvgIpc) is 2.62. The summed E-state index contributed by atoms with van der Waals surface area (Å²) in [5.41, 5.74) is 7.08. The zero-order chi connectivity index (χ0) is 15.5. The molecular formula is C15H14F3NO2. The van der Waals surface area contributed by atoms with Gasteiger partial charge in [-0.1, -0.05) is 12.1 Å². The van der Waals surface area contributed by atoms with Gasteiger partial charge in [0, 0.05) is 0 Å². The number of rotatable bonds is 3. The molecule has 0 saturated carbocycles. The first-order valence-corrected chi connectivity index (χ1v) is 6.19. The molecule has 0 bridgehead atoms. The van der Waals surface area contributed by atoms with Crippen LogP contribution in [0.4, 0.5) is 13.2 Å². The Hall–Kier alpha value is -2.17. The summed E-state index contributed by atoms with van der Waals surface area (Å²) in [6.45, 7) is 0. The van der Waals surface area contributed by atoms with Gasteiger partial charge < -0.3 is 15.2 Å². The second-order valence-electron chi connectivity index (χ2n) is 4.39. The van der Waals surface area contributed by atoms with Crippen molar-refractivity contribution in [3.05, 3.63) is 53.8 Å². The van der Waals surface area contributed by atoms with Crippen molar-refractivity contribution >= 4 is 0 Å². The van der Waals surface area contributed by atoms with Crippen molar-refractivity contribution in [3.8, 4) is 11.5 Å². The van der Waals surface area contributed by atoms with E-state index in [1.165, 1.54) is 13.2 Å². The Bertz CT molecular complexity index is 601. The minimum absolute atomic E-state index is 0.411. The van der Waals surface area contributed by atoms with Crippen LogP contribution in [-0.4, -0.2) is 25.4 Å². The van der Waals surface area contributed by atoms with E-state index in [1.807, 2.05) is 0 Å². The minimum Gasteiger partial charge on any atom is -0.493 e. The highest BCUT2D eigenvalue weighted by molar-refractivity contribution is 5.40. The highest BCUT2D eigenvalue weighted by Gasteiger charge is 2.33. The number of nitrogens with two attached hydrogens (primary N) is 1. The van der Waals surface area contributed by atoms with Crippen LogP contribution in [0.25, 0.3) is 0 Å². The molecule has 0 heterocycles. The first-order chi connectivity index (χ1) is 9.91. The van der Waals surface area contributed by atoms with Crippen molar-refractivity contribution in [3.63, 3.8) is 0 Å². The summed E-state index contributed by atoms with van der Waals surface area (Å²) < 4.78 is 48.7. The molecule has 112 valence electrons. The maximum atomic E-state index is 12.6. The molecule has 2 rings (SSSR count). The molecule has 0 saturated heterocycles. The number of benzene rings is 1. The van der Waals surface area contributed by atoms with E-state index in [4.69, 9.17) is 15.2 Å². The third-order valence-corrected chi connectivity index (χ3v) is 2.90. The van der Waals surface area contributed by atoms with Crippen molar-refractivity contribution in [2.24, 2.45) is 5.73 Å². The van der Waals surface area contributed by atoms with Crippen LogP contribution in [0.5, 0.6) is 11.5 Å². The fraction of sp³-hybridized carbons (Fsp3) is 0.267. The van der Waals surface area contributed by atoms with Gasteiger partial charge in [-0.15, -0.1) is 5.73 Å². The number of allylic oxidation sites excluding steroid dienone is 1. The van der Waals surface area contributed by atoms with Gasteiger partial charge in [0.1, 0.15) is 6.10 Å². The number of hydrogen-bond donors (Lipinski definition) is 1. The maximum Gasteiger partial charge on any atom is 0.423 e. The lowest BCUT2D eigenvalue weighted by atomic mass is 10.1. The lowest BCUT2D eigenvalue weighted by Gasteiger charge is -2.20. The lowest BCUT2D eigenvalue weighted by molar-refractivity contribution is -0.0880. The molecule has 0 aliphatic heterocycles. The molecule has 6 heteroatoms. The number of ether oxygens (including phenoxy) is 2. The van der Waals surface area contributed by atoms with E-state index < -0.39 is 23.9 Å². The van der Waals surface area contributed by atoms with E-state index in [-0.39, 0.29) is 0 Å². The van der Waals surface area contributed by atoms with Crippen LogP contribution in [0, 0.1) is 0 Å². The highest BCUT2D eigenvalue weighted by Crippen LogP contribution is 2.30. The van der Waals surface area contributed by atoms with Crippen molar-refractivity contribution < 1.29 is 22.6 Å². The highest BCUT2D eigenvalue weighted by atomic mass is 19.4. The maximum absolute atomic E-state index is 12.6. The molecule has 0 amide bonds. The summed E-state index contributed by atoms with van der Waals surface area (Å²) in [5, 5.41) is 0. The van der Waals surface area contributed by atoms with Crippen LogP contribution in [-0.2, 0) is 0 Å². The lowest BCUT2D eigenvalue weighted by Crippen LogP contribution is -2.35. The molecule has 21 heavy (non-hydrogen) atoms. The predicted molar refractivity (Wildman–Crippen MR) is 72.2 cm³/mol. The van der Waals surface area contributed by atoms with Gasteiger partial charge in [0.25, 0.3) is 0 Å². The Morgan fingerprint density at radius 2 is 1.86 bits per heavy atom. The Morgan fingerprint density at radius 3 is 2.48 bits per heavy atom. The third-order valence-electron chi connectivity index (χ3n) is 2.90. The van der Waals surface area contributed by atoms with Gasteiger partial charge in [0.2, 0.25) is 0 Å². The third kappa shape index (κ3) is 3.68. The summed E-state index contributed by atoms with van der Waals surface area (Å²) in [6.07, 6.45) is -1.86. The first kappa shape index (κ1) is 15.2. The van der Waals surface area contributed by atoms with Gasteiger partial charge in [-0.3, -0.25) is 0 Å². The molecule has 1 aliphatic carbocycles. The van der Waals surface area contributed by atoms with E-state index in [1.54, 1.807) is 24.3 Å². The fourth-order valence-corrected chi connectivity index (χ4v) is 1.81. The summed E-state index contributed by atoms with van der Waals surface area (Å²) in [4.78, 5) is 0. The predicted octanol–water partition coefficient (Wildman–Crippen LogP) is 2.98. The molecule has 2 unspecified atom stereocenters. The standard InChI is InChI=1S/C15H14F3NO2/c1-20-13-4-2-3-5-14(13)21-12-9-7-10(15(16,17)18)6-8-11(12)19/h2-5,7-9,11-12H,19H2,1H3. The zero-order valence-electron chi connectivity index (χ0n) is 11.2. The summed E-state index contributed by atoms with van der Waals surface area (Å²) in [5.74, 6) is 0.893. The molecule has 1 aliphatic rings. The van der Waals surface area contributed by atoms with Crippen LogP contribution in [0.3, 0.4) is 0 Å². The van der Waals surface area contributed by atoms with E-state index in [0.717, 1.165) is 12.2 Å².